The molecule has 0 unspecified atom stereocenters. The predicted molar refractivity (Wildman–Crippen MR) is 192 cm³/mol. The van der Waals surface area contributed by atoms with Crippen molar-refractivity contribution < 1.29 is 28.6 Å². The molecule has 0 saturated heterocycles. The van der Waals surface area contributed by atoms with E-state index in [4.69, 9.17) is 14.2 Å². The molecule has 0 heterocycles. The molecule has 272 valence electrons. The number of esters is 3. The highest BCUT2D eigenvalue weighted by Crippen LogP contribution is 2.15. The maximum absolute atomic E-state index is 12.6. The molecule has 0 aromatic heterocycles. The second-order valence-electron chi connectivity index (χ2n) is 13.6. The number of carbonyl (C=O) groups is 3. The third-order valence-corrected chi connectivity index (χ3v) is 8.86. The number of carbonyl (C=O) groups excluding carboxylic acids is 3. The van der Waals surface area contributed by atoms with Gasteiger partial charge in [0.15, 0.2) is 6.10 Å². The third-order valence-electron chi connectivity index (χ3n) is 8.86. The Kier molecular flexibility index (Phi) is 35.0. The van der Waals surface area contributed by atoms with Gasteiger partial charge in [0.1, 0.15) is 13.2 Å². The van der Waals surface area contributed by atoms with Crippen molar-refractivity contribution in [3.05, 3.63) is 0 Å². The fraction of sp³-hybridized carbons (Fsp3) is 0.925. The second kappa shape index (κ2) is 36.2. The number of ether oxygens (including phenoxy) is 3. The Balaban J connectivity index is 4.23. The SMILES string of the molecule is CCCCCCCCCCCCCCCC(=O)OC[C@H](COC(=O)CCCCCCC)OC(=O)CCCCCCCCCCCC. The summed E-state index contributed by atoms with van der Waals surface area (Å²) in [5, 5.41) is 0. The Labute approximate surface area is 285 Å². The summed E-state index contributed by atoms with van der Waals surface area (Å²) in [5.74, 6) is -0.876. The van der Waals surface area contributed by atoms with E-state index in [9.17, 15) is 14.4 Å². The van der Waals surface area contributed by atoms with E-state index in [0.29, 0.717) is 19.3 Å². The van der Waals surface area contributed by atoms with E-state index in [1.807, 2.05) is 0 Å². The molecule has 1 atom stereocenters. The summed E-state index contributed by atoms with van der Waals surface area (Å²) in [6.07, 6.45) is 34.0. The van der Waals surface area contributed by atoms with Gasteiger partial charge in [0.05, 0.1) is 0 Å². The lowest BCUT2D eigenvalue weighted by Crippen LogP contribution is -2.30. The molecule has 0 N–H and O–H groups in total. The molecule has 0 rings (SSSR count). The molecule has 0 aliphatic carbocycles. The summed E-state index contributed by atoms with van der Waals surface area (Å²) < 4.78 is 16.5. The van der Waals surface area contributed by atoms with Gasteiger partial charge in [-0.05, 0) is 19.3 Å². The maximum Gasteiger partial charge on any atom is 0.306 e. The number of hydrogen-bond acceptors (Lipinski definition) is 6. The molecule has 0 amide bonds. The number of unbranched alkanes of at least 4 members (excludes halogenated alkanes) is 25. The first-order chi connectivity index (χ1) is 22.5. The third kappa shape index (κ3) is 33.8. The summed E-state index contributed by atoms with van der Waals surface area (Å²) in [4.78, 5) is 37.2. The standard InChI is InChI=1S/C40H76O6/c1-4-7-10-13-15-17-19-20-21-23-24-27-30-33-39(42)45-36-37(35-44-38(41)32-29-26-12-9-6-3)46-40(43)34-31-28-25-22-18-16-14-11-8-5-2/h37H,4-36H2,1-3H3/t37-/m0/s1. The molecule has 0 saturated carbocycles. The van der Waals surface area contributed by atoms with E-state index in [2.05, 4.69) is 20.8 Å². The van der Waals surface area contributed by atoms with E-state index in [1.54, 1.807) is 0 Å². The molecule has 0 aliphatic heterocycles. The minimum atomic E-state index is -0.754. The van der Waals surface area contributed by atoms with Gasteiger partial charge in [-0.1, -0.05) is 181 Å². The Morgan fingerprint density at radius 1 is 0.348 bits per heavy atom. The van der Waals surface area contributed by atoms with Gasteiger partial charge in [-0.2, -0.15) is 0 Å². The van der Waals surface area contributed by atoms with Crippen LogP contribution in [0.4, 0.5) is 0 Å². The van der Waals surface area contributed by atoms with Crippen LogP contribution in [0.25, 0.3) is 0 Å². The van der Waals surface area contributed by atoms with E-state index in [1.165, 1.54) is 116 Å². The molecule has 0 aromatic rings. The van der Waals surface area contributed by atoms with Crippen LogP contribution in [0, 0.1) is 0 Å². The number of rotatable bonds is 36. The van der Waals surface area contributed by atoms with Crippen molar-refractivity contribution in [1.29, 1.82) is 0 Å². The summed E-state index contributed by atoms with van der Waals surface area (Å²) >= 11 is 0. The van der Waals surface area contributed by atoms with Crippen LogP contribution in [-0.2, 0) is 28.6 Å². The highest BCUT2D eigenvalue weighted by atomic mass is 16.6. The lowest BCUT2D eigenvalue weighted by atomic mass is 10.0. The summed E-state index contributed by atoms with van der Waals surface area (Å²) in [7, 11) is 0. The van der Waals surface area contributed by atoms with Crippen molar-refractivity contribution in [2.45, 2.75) is 226 Å². The zero-order valence-electron chi connectivity index (χ0n) is 30.9. The molecule has 0 bridgehead atoms. The van der Waals surface area contributed by atoms with E-state index in [-0.39, 0.29) is 31.1 Å². The molecule has 46 heavy (non-hydrogen) atoms. The first kappa shape index (κ1) is 44.4. The predicted octanol–water partition coefficient (Wildman–Crippen LogP) is 12.1. The van der Waals surface area contributed by atoms with Crippen molar-refractivity contribution in [2.24, 2.45) is 0 Å². The van der Waals surface area contributed by atoms with E-state index in [0.717, 1.165) is 64.2 Å². The Morgan fingerprint density at radius 2 is 0.587 bits per heavy atom. The maximum atomic E-state index is 12.6. The van der Waals surface area contributed by atoms with Gasteiger partial charge in [0.25, 0.3) is 0 Å². The van der Waals surface area contributed by atoms with Crippen molar-refractivity contribution in [1.82, 2.24) is 0 Å². The molecule has 0 radical (unpaired) electrons. The Bertz CT molecular complexity index is 679. The summed E-state index contributed by atoms with van der Waals surface area (Å²) in [6.45, 7) is 6.54. The van der Waals surface area contributed by atoms with Gasteiger partial charge in [-0.15, -0.1) is 0 Å². The molecule has 0 fully saturated rings. The van der Waals surface area contributed by atoms with E-state index < -0.39 is 6.10 Å². The minimum absolute atomic E-state index is 0.0647. The van der Waals surface area contributed by atoms with Gasteiger partial charge >= 0.3 is 17.9 Å². The molecular formula is C40H76O6. The first-order valence-electron chi connectivity index (χ1n) is 20.0. The van der Waals surface area contributed by atoms with Crippen LogP contribution < -0.4 is 0 Å². The summed E-state index contributed by atoms with van der Waals surface area (Å²) in [5.41, 5.74) is 0. The van der Waals surface area contributed by atoms with Gasteiger partial charge in [0.2, 0.25) is 0 Å². The van der Waals surface area contributed by atoms with Crippen LogP contribution >= 0.6 is 0 Å². The van der Waals surface area contributed by atoms with Crippen molar-refractivity contribution >= 4 is 17.9 Å². The molecule has 6 heteroatoms. The Morgan fingerprint density at radius 3 is 0.870 bits per heavy atom. The first-order valence-corrected chi connectivity index (χ1v) is 20.0. The second-order valence-corrected chi connectivity index (χ2v) is 13.6. The fourth-order valence-corrected chi connectivity index (χ4v) is 5.79. The zero-order valence-corrected chi connectivity index (χ0v) is 30.9. The average molecular weight is 653 g/mol. The van der Waals surface area contributed by atoms with Crippen LogP contribution in [0.2, 0.25) is 0 Å². The van der Waals surface area contributed by atoms with E-state index >= 15 is 0 Å². The molecule has 0 aromatic carbocycles. The van der Waals surface area contributed by atoms with Gasteiger partial charge in [-0.25, -0.2) is 0 Å². The molecular weight excluding hydrogens is 576 g/mol. The number of hydrogen-bond donors (Lipinski definition) is 0. The highest BCUT2D eigenvalue weighted by molar-refractivity contribution is 5.71. The van der Waals surface area contributed by atoms with Gasteiger partial charge in [0, 0.05) is 19.3 Å². The lowest BCUT2D eigenvalue weighted by Gasteiger charge is -2.18. The van der Waals surface area contributed by atoms with Gasteiger partial charge in [-0.3, -0.25) is 14.4 Å². The normalized spacial score (nSPS) is 11.8. The monoisotopic (exact) mass is 653 g/mol. The topological polar surface area (TPSA) is 78.9 Å². The largest absolute Gasteiger partial charge is 0.462 e. The van der Waals surface area contributed by atoms with Crippen LogP contribution in [0.5, 0.6) is 0 Å². The zero-order chi connectivity index (χ0) is 33.8. The van der Waals surface area contributed by atoms with Crippen LogP contribution in [0.15, 0.2) is 0 Å². The quantitative estimate of drug-likeness (QED) is 0.0381. The van der Waals surface area contributed by atoms with Crippen LogP contribution in [0.1, 0.15) is 220 Å². The van der Waals surface area contributed by atoms with Crippen LogP contribution in [0.3, 0.4) is 0 Å². The molecule has 0 spiro atoms. The smallest absolute Gasteiger partial charge is 0.306 e. The highest BCUT2D eigenvalue weighted by Gasteiger charge is 2.19. The van der Waals surface area contributed by atoms with Crippen molar-refractivity contribution in [3.8, 4) is 0 Å². The van der Waals surface area contributed by atoms with Crippen molar-refractivity contribution in [3.63, 3.8) is 0 Å². The average Bonchev–Trinajstić information content (AvgIpc) is 3.05. The van der Waals surface area contributed by atoms with Crippen LogP contribution in [-0.4, -0.2) is 37.2 Å². The lowest BCUT2D eigenvalue weighted by molar-refractivity contribution is -0.167. The minimum Gasteiger partial charge on any atom is -0.462 e. The molecule has 6 nitrogen and oxygen atoms in total. The van der Waals surface area contributed by atoms with Gasteiger partial charge < -0.3 is 14.2 Å². The fourth-order valence-electron chi connectivity index (χ4n) is 5.79. The summed E-state index contributed by atoms with van der Waals surface area (Å²) in [6, 6.07) is 0. The molecule has 0 aliphatic rings. The Hall–Kier alpha value is -1.59. The van der Waals surface area contributed by atoms with Crippen molar-refractivity contribution in [2.75, 3.05) is 13.2 Å².